The Kier molecular flexibility index (Phi) is 4.02. The van der Waals surface area contributed by atoms with Crippen LogP contribution >= 0.6 is 11.6 Å². The predicted octanol–water partition coefficient (Wildman–Crippen LogP) is 2.23. The lowest BCUT2D eigenvalue weighted by Gasteiger charge is -2.35. The molecule has 0 saturated carbocycles. The minimum atomic E-state index is -0.169. The summed E-state index contributed by atoms with van der Waals surface area (Å²) in [5, 5.41) is 3.91. The third kappa shape index (κ3) is 2.97. The van der Waals surface area contributed by atoms with E-state index in [-0.39, 0.29) is 5.82 Å². The van der Waals surface area contributed by atoms with Gasteiger partial charge in [-0.25, -0.2) is 4.39 Å². The van der Waals surface area contributed by atoms with Crippen molar-refractivity contribution in [3.63, 3.8) is 0 Å². The number of hydrogen-bond donors (Lipinski definition) is 1. The molecule has 1 fully saturated rings. The minimum Gasteiger partial charge on any atom is -0.314 e. The number of rotatable bonds is 4. The molecular formula is C13H18ClFN2. The maximum absolute atomic E-state index is 13.4. The lowest BCUT2D eigenvalue weighted by molar-refractivity contribution is 0.182. The fourth-order valence-corrected chi connectivity index (χ4v) is 2.26. The molecule has 0 spiro atoms. The molecule has 0 aliphatic carbocycles. The molecule has 94 valence electrons. The number of likely N-dealkylation sites (N-methyl/N-ethyl adjacent to an activating group) is 1. The second-order valence-corrected chi connectivity index (χ2v) is 5.14. The smallest absolute Gasteiger partial charge is 0.126 e. The van der Waals surface area contributed by atoms with Crippen LogP contribution in [0.3, 0.4) is 0 Å². The molecule has 2 nitrogen and oxygen atoms in total. The maximum atomic E-state index is 13.4. The molecule has 17 heavy (non-hydrogen) atoms. The molecule has 1 aliphatic rings. The average Bonchev–Trinajstić information content (AvgIpc) is 2.19. The van der Waals surface area contributed by atoms with E-state index in [0.717, 1.165) is 31.6 Å². The highest BCUT2D eigenvalue weighted by molar-refractivity contribution is 6.31. The summed E-state index contributed by atoms with van der Waals surface area (Å²) in [7, 11) is 2.10. The molecule has 0 bridgehead atoms. The Labute approximate surface area is 107 Å². The van der Waals surface area contributed by atoms with Crippen LogP contribution in [0.4, 0.5) is 4.39 Å². The topological polar surface area (TPSA) is 15.3 Å². The lowest BCUT2D eigenvalue weighted by Crippen LogP contribution is -2.56. The van der Waals surface area contributed by atoms with Crippen LogP contribution in [-0.4, -0.2) is 37.6 Å². The van der Waals surface area contributed by atoms with Crippen molar-refractivity contribution in [2.75, 3.05) is 26.7 Å². The van der Waals surface area contributed by atoms with E-state index in [1.54, 1.807) is 19.1 Å². The third-order valence-corrected chi connectivity index (χ3v) is 3.80. The van der Waals surface area contributed by atoms with Crippen LogP contribution < -0.4 is 5.32 Å². The van der Waals surface area contributed by atoms with E-state index in [0.29, 0.717) is 16.6 Å². The van der Waals surface area contributed by atoms with E-state index in [2.05, 4.69) is 17.3 Å². The fraction of sp³-hybridized carbons (Fsp3) is 0.538. The standard InChI is InChI=1S/C13H18ClFN2/c1-9-5-12(14)10(6-13(9)15)3-4-17(2)11-7-16-8-11/h5-6,11,16H,3-4,7-8H2,1-2H3. The van der Waals surface area contributed by atoms with Gasteiger partial charge in [0, 0.05) is 30.7 Å². The summed E-state index contributed by atoms with van der Waals surface area (Å²) in [5.74, 6) is -0.169. The van der Waals surface area contributed by atoms with E-state index < -0.39 is 0 Å². The van der Waals surface area contributed by atoms with Gasteiger partial charge >= 0.3 is 0 Å². The van der Waals surface area contributed by atoms with Crippen LogP contribution in [0.5, 0.6) is 0 Å². The fourth-order valence-electron chi connectivity index (χ4n) is 1.94. The highest BCUT2D eigenvalue weighted by atomic mass is 35.5. The summed E-state index contributed by atoms with van der Waals surface area (Å²) in [6.45, 7) is 4.74. The zero-order valence-electron chi connectivity index (χ0n) is 10.3. The second kappa shape index (κ2) is 5.34. The van der Waals surface area contributed by atoms with Gasteiger partial charge in [0.2, 0.25) is 0 Å². The van der Waals surface area contributed by atoms with E-state index in [9.17, 15) is 4.39 Å². The van der Waals surface area contributed by atoms with Gasteiger partial charge in [-0.3, -0.25) is 0 Å². The highest BCUT2D eigenvalue weighted by Crippen LogP contribution is 2.21. The number of nitrogens with one attached hydrogen (secondary N) is 1. The van der Waals surface area contributed by atoms with E-state index in [4.69, 9.17) is 11.6 Å². The Morgan fingerprint density at radius 3 is 2.76 bits per heavy atom. The van der Waals surface area contributed by atoms with Crippen molar-refractivity contribution in [3.8, 4) is 0 Å². The average molecular weight is 257 g/mol. The van der Waals surface area contributed by atoms with Crippen molar-refractivity contribution >= 4 is 11.6 Å². The summed E-state index contributed by atoms with van der Waals surface area (Å²) in [4.78, 5) is 2.30. The number of hydrogen-bond acceptors (Lipinski definition) is 2. The van der Waals surface area contributed by atoms with Crippen LogP contribution in [-0.2, 0) is 6.42 Å². The Balaban J connectivity index is 1.96. The number of nitrogens with zero attached hydrogens (tertiary/aromatic N) is 1. The Bertz CT molecular complexity index is 405. The van der Waals surface area contributed by atoms with Gasteiger partial charge in [-0.1, -0.05) is 11.6 Å². The molecule has 2 rings (SSSR count). The summed E-state index contributed by atoms with van der Waals surface area (Å²) in [6.07, 6.45) is 0.795. The van der Waals surface area contributed by atoms with Gasteiger partial charge in [0.1, 0.15) is 5.82 Å². The molecule has 1 heterocycles. The first-order chi connectivity index (χ1) is 8.08. The predicted molar refractivity (Wildman–Crippen MR) is 69.1 cm³/mol. The summed E-state index contributed by atoms with van der Waals surface area (Å²) < 4.78 is 13.4. The lowest BCUT2D eigenvalue weighted by atomic mass is 10.1. The first-order valence-corrected chi connectivity index (χ1v) is 6.31. The molecule has 0 aromatic heterocycles. The second-order valence-electron chi connectivity index (χ2n) is 4.74. The molecule has 0 radical (unpaired) electrons. The van der Waals surface area contributed by atoms with Gasteiger partial charge in [-0.15, -0.1) is 0 Å². The first-order valence-electron chi connectivity index (χ1n) is 5.93. The quantitative estimate of drug-likeness (QED) is 0.889. The zero-order valence-corrected chi connectivity index (χ0v) is 11.0. The minimum absolute atomic E-state index is 0.169. The maximum Gasteiger partial charge on any atom is 0.126 e. The van der Waals surface area contributed by atoms with E-state index >= 15 is 0 Å². The summed E-state index contributed by atoms with van der Waals surface area (Å²) in [5.41, 5.74) is 1.50. The van der Waals surface area contributed by atoms with Crippen molar-refractivity contribution in [2.24, 2.45) is 0 Å². The van der Waals surface area contributed by atoms with Crippen molar-refractivity contribution in [1.82, 2.24) is 10.2 Å². The molecule has 1 N–H and O–H groups in total. The van der Waals surface area contributed by atoms with Gasteiger partial charge < -0.3 is 10.2 Å². The van der Waals surface area contributed by atoms with Gasteiger partial charge in [-0.05, 0) is 43.7 Å². The van der Waals surface area contributed by atoms with Crippen LogP contribution in [0.1, 0.15) is 11.1 Å². The first kappa shape index (κ1) is 12.8. The molecule has 1 aromatic rings. The largest absolute Gasteiger partial charge is 0.314 e. The zero-order chi connectivity index (χ0) is 12.4. The molecule has 0 atom stereocenters. The molecule has 4 heteroatoms. The Morgan fingerprint density at radius 1 is 1.47 bits per heavy atom. The van der Waals surface area contributed by atoms with Gasteiger partial charge in [0.15, 0.2) is 0 Å². The molecular weight excluding hydrogens is 239 g/mol. The Morgan fingerprint density at radius 2 is 2.18 bits per heavy atom. The van der Waals surface area contributed by atoms with Crippen LogP contribution in [0.2, 0.25) is 5.02 Å². The molecule has 0 amide bonds. The van der Waals surface area contributed by atoms with Crippen LogP contribution in [0, 0.1) is 12.7 Å². The molecule has 1 saturated heterocycles. The number of benzene rings is 1. The molecule has 1 aromatic carbocycles. The normalized spacial score (nSPS) is 16.3. The monoisotopic (exact) mass is 256 g/mol. The van der Waals surface area contributed by atoms with Gasteiger partial charge in [-0.2, -0.15) is 0 Å². The molecule has 1 aliphatic heterocycles. The van der Waals surface area contributed by atoms with Gasteiger partial charge in [0.05, 0.1) is 0 Å². The number of halogens is 2. The van der Waals surface area contributed by atoms with E-state index in [1.165, 1.54) is 0 Å². The number of aryl methyl sites for hydroxylation is 1. The third-order valence-electron chi connectivity index (χ3n) is 3.44. The van der Waals surface area contributed by atoms with Crippen LogP contribution in [0.25, 0.3) is 0 Å². The van der Waals surface area contributed by atoms with Crippen molar-refractivity contribution < 1.29 is 4.39 Å². The van der Waals surface area contributed by atoms with E-state index in [1.807, 2.05) is 0 Å². The van der Waals surface area contributed by atoms with Crippen molar-refractivity contribution in [1.29, 1.82) is 0 Å². The Hall–Kier alpha value is -0.640. The molecule has 0 unspecified atom stereocenters. The van der Waals surface area contributed by atoms with Crippen LogP contribution in [0.15, 0.2) is 12.1 Å². The van der Waals surface area contributed by atoms with Crippen molar-refractivity contribution in [2.45, 2.75) is 19.4 Å². The van der Waals surface area contributed by atoms with Crippen molar-refractivity contribution in [3.05, 3.63) is 34.1 Å². The SMILES string of the molecule is Cc1cc(Cl)c(CCN(C)C2CNC2)cc1F. The van der Waals surface area contributed by atoms with Gasteiger partial charge in [0.25, 0.3) is 0 Å². The summed E-state index contributed by atoms with van der Waals surface area (Å²) >= 11 is 6.11. The highest BCUT2D eigenvalue weighted by Gasteiger charge is 2.21. The summed E-state index contributed by atoms with van der Waals surface area (Å²) in [6, 6.07) is 3.88.